The number of amides is 1. The Labute approximate surface area is 131 Å². The zero-order valence-corrected chi connectivity index (χ0v) is 13.1. The van der Waals surface area contributed by atoms with Crippen LogP contribution in [0, 0.1) is 5.92 Å². The number of benzene rings is 1. The molecule has 0 saturated carbocycles. The molecule has 2 unspecified atom stereocenters. The van der Waals surface area contributed by atoms with Gasteiger partial charge in [-0.2, -0.15) is 0 Å². The number of fused-ring (bicyclic) bond motifs is 3. The van der Waals surface area contributed by atoms with Gasteiger partial charge in [0.05, 0.1) is 25.2 Å². The number of methoxy groups -OCH3 is 1. The summed E-state index contributed by atoms with van der Waals surface area (Å²) in [5.74, 6) is 0.0869. The van der Waals surface area contributed by atoms with E-state index in [9.17, 15) is 4.79 Å². The fourth-order valence-corrected chi connectivity index (χ4v) is 3.42. The maximum atomic E-state index is 12.6. The van der Waals surface area contributed by atoms with Gasteiger partial charge in [-0.15, -0.1) is 0 Å². The van der Waals surface area contributed by atoms with Gasteiger partial charge < -0.3 is 19.7 Å². The van der Waals surface area contributed by atoms with E-state index < -0.39 is 0 Å². The number of anilines is 1. The fourth-order valence-electron chi connectivity index (χ4n) is 3.42. The first-order valence-corrected chi connectivity index (χ1v) is 8.00. The molecule has 5 heteroatoms. The first-order chi connectivity index (χ1) is 10.8. The van der Waals surface area contributed by atoms with Crippen molar-refractivity contribution in [2.75, 3.05) is 44.9 Å². The SMILES string of the molecule is COCCCNC(=O)C1Cc2ccccc2N2CCOCC12. The molecule has 0 radical (unpaired) electrons. The van der Waals surface area contributed by atoms with Crippen molar-refractivity contribution >= 4 is 11.6 Å². The molecule has 0 aromatic heterocycles. The molecule has 1 aromatic rings. The van der Waals surface area contributed by atoms with Crippen molar-refractivity contribution in [2.45, 2.75) is 18.9 Å². The zero-order chi connectivity index (χ0) is 15.4. The number of hydrogen-bond donors (Lipinski definition) is 1. The van der Waals surface area contributed by atoms with Gasteiger partial charge in [0.25, 0.3) is 0 Å². The summed E-state index contributed by atoms with van der Waals surface area (Å²) < 4.78 is 10.7. The second-order valence-electron chi connectivity index (χ2n) is 5.91. The second-order valence-corrected chi connectivity index (χ2v) is 5.91. The lowest BCUT2D eigenvalue weighted by Crippen LogP contribution is -2.56. The topological polar surface area (TPSA) is 50.8 Å². The van der Waals surface area contributed by atoms with Crippen molar-refractivity contribution in [2.24, 2.45) is 5.92 Å². The van der Waals surface area contributed by atoms with Crippen molar-refractivity contribution < 1.29 is 14.3 Å². The highest BCUT2D eigenvalue weighted by Gasteiger charge is 2.39. The third kappa shape index (κ3) is 3.10. The lowest BCUT2D eigenvalue weighted by atomic mass is 9.84. The van der Waals surface area contributed by atoms with Crippen molar-refractivity contribution in [1.29, 1.82) is 0 Å². The molecule has 120 valence electrons. The second kappa shape index (κ2) is 7.11. The summed E-state index contributed by atoms with van der Waals surface area (Å²) >= 11 is 0. The molecule has 1 aromatic carbocycles. The Morgan fingerprint density at radius 3 is 3.18 bits per heavy atom. The summed E-state index contributed by atoms with van der Waals surface area (Å²) in [5.41, 5.74) is 2.52. The fraction of sp³-hybridized carbons (Fsp3) is 0.588. The van der Waals surface area contributed by atoms with E-state index in [1.54, 1.807) is 7.11 Å². The van der Waals surface area contributed by atoms with Crippen LogP contribution in [-0.2, 0) is 20.7 Å². The van der Waals surface area contributed by atoms with Crippen molar-refractivity contribution in [3.63, 3.8) is 0 Å². The number of hydrogen-bond acceptors (Lipinski definition) is 4. The van der Waals surface area contributed by atoms with E-state index in [0.29, 0.717) is 19.8 Å². The number of para-hydroxylation sites is 1. The Morgan fingerprint density at radius 1 is 1.45 bits per heavy atom. The van der Waals surface area contributed by atoms with Crippen molar-refractivity contribution in [3.05, 3.63) is 29.8 Å². The standard InChI is InChI=1S/C17H24N2O3/c1-21-9-4-7-18-17(20)14-11-13-5-2-3-6-15(13)19-8-10-22-12-16(14)19/h2-3,5-6,14,16H,4,7-12H2,1H3,(H,18,20). The van der Waals surface area contributed by atoms with Crippen LogP contribution >= 0.6 is 0 Å². The monoisotopic (exact) mass is 304 g/mol. The smallest absolute Gasteiger partial charge is 0.225 e. The summed E-state index contributed by atoms with van der Waals surface area (Å²) in [6.45, 7) is 3.55. The highest BCUT2D eigenvalue weighted by atomic mass is 16.5. The largest absolute Gasteiger partial charge is 0.385 e. The molecule has 1 N–H and O–H groups in total. The van der Waals surface area contributed by atoms with Gasteiger partial charge in [-0.05, 0) is 24.5 Å². The minimum atomic E-state index is -0.0438. The average Bonchev–Trinajstić information content (AvgIpc) is 2.58. The third-order valence-corrected chi connectivity index (χ3v) is 4.53. The molecular weight excluding hydrogens is 280 g/mol. The van der Waals surface area contributed by atoms with Crippen LogP contribution in [0.5, 0.6) is 0 Å². The minimum absolute atomic E-state index is 0.0438. The van der Waals surface area contributed by atoms with Gasteiger partial charge in [-0.1, -0.05) is 18.2 Å². The number of ether oxygens (including phenoxy) is 2. The lowest BCUT2D eigenvalue weighted by Gasteiger charge is -2.45. The number of carbonyl (C=O) groups is 1. The van der Waals surface area contributed by atoms with E-state index >= 15 is 0 Å². The van der Waals surface area contributed by atoms with Crippen LogP contribution in [0.3, 0.4) is 0 Å². The average molecular weight is 304 g/mol. The van der Waals surface area contributed by atoms with Gasteiger partial charge in [0.2, 0.25) is 5.91 Å². The van der Waals surface area contributed by atoms with Crippen LogP contribution in [0.1, 0.15) is 12.0 Å². The third-order valence-electron chi connectivity index (χ3n) is 4.53. The quantitative estimate of drug-likeness (QED) is 0.831. The van der Waals surface area contributed by atoms with E-state index in [4.69, 9.17) is 9.47 Å². The number of morpholine rings is 1. The summed E-state index contributed by atoms with van der Waals surface area (Å²) in [7, 11) is 1.68. The molecule has 2 aliphatic rings. The van der Waals surface area contributed by atoms with Crippen LogP contribution in [0.25, 0.3) is 0 Å². The van der Waals surface area contributed by atoms with E-state index in [0.717, 1.165) is 26.0 Å². The highest BCUT2D eigenvalue weighted by molar-refractivity contribution is 5.82. The molecule has 3 rings (SSSR count). The Bertz CT molecular complexity index is 520. The summed E-state index contributed by atoms with van der Waals surface area (Å²) in [6.07, 6.45) is 1.63. The maximum absolute atomic E-state index is 12.6. The molecule has 1 amide bonds. The highest BCUT2D eigenvalue weighted by Crippen LogP contribution is 2.35. The zero-order valence-electron chi connectivity index (χ0n) is 13.1. The van der Waals surface area contributed by atoms with Crippen LogP contribution in [0.15, 0.2) is 24.3 Å². The molecule has 1 saturated heterocycles. The molecule has 1 fully saturated rings. The number of nitrogens with zero attached hydrogens (tertiary/aromatic N) is 1. The van der Waals surface area contributed by atoms with Gasteiger partial charge in [0, 0.05) is 32.5 Å². The molecule has 0 aliphatic carbocycles. The molecule has 5 nitrogen and oxygen atoms in total. The predicted octanol–water partition coefficient (Wildman–Crippen LogP) is 1.22. The van der Waals surface area contributed by atoms with Crippen molar-refractivity contribution in [3.8, 4) is 0 Å². The van der Waals surface area contributed by atoms with Crippen molar-refractivity contribution in [1.82, 2.24) is 5.32 Å². The van der Waals surface area contributed by atoms with Crippen LogP contribution in [-0.4, -0.2) is 52.0 Å². The maximum Gasteiger partial charge on any atom is 0.225 e. The van der Waals surface area contributed by atoms with Gasteiger partial charge in [0.15, 0.2) is 0 Å². The Morgan fingerprint density at radius 2 is 2.32 bits per heavy atom. The minimum Gasteiger partial charge on any atom is -0.385 e. The van der Waals surface area contributed by atoms with E-state index in [1.807, 2.05) is 6.07 Å². The molecular formula is C17H24N2O3. The van der Waals surface area contributed by atoms with Crippen LogP contribution in [0.2, 0.25) is 0 Å². The summed E-state index contributed by atoms with van der Waals surface area (Å²) in [6, 6.07) is 8.54. The molecule has 2 heterocycles. The van der Waals surface area contributed by atoms with E-state index in [-0.39, 0.29) is 17.9 Å². The van der Waals surface area contributed by atoms with Crippen LogP contribution in [0.4, 0.5) is 5.69 Å². The predicted molar refractivity (Wildman–Crippen MR) is 85.1 cm³/mol. The molecule has 0 spiro atoms. The number of carbonyl (C=O) groups excluding carboxylic acids is 1. The Hall–Kier alpha value is -1.59. The Kier molecular flexibility index (Phi) is 4.95. The first kappa shape index (κ1) is 15.3. The molecule has 22 heavy (non-hydrogen) atoms. The summed E-state index contributed by atoms with van der Waals surface area (Å²) in [4.78, 5) is 14.9. The van der Waals surface area contributed by atoms with Gasteiger partial charge in [-0.3, -0.25) is 4.79 Å². The lowest BCUT2D eigenvalue weighted by molar-refractivity contribution is -0.126. The normalized spacial score (nSPS) is 23.6. The Balaban J connectivity index is 1.72. The van der Waals surface area contributed by atoms with E-state index in [2.05, 4.69) is 28.4 Å². The number of rotatable bonds is 5. The number of nitrogens with one attached hydrogen (secondary N) is 1. The molecule has 0 bridgehead atoms. The summed E-state index contributed by atoms with van der Waals surface area (Å²) in [5, 5.41) is 3.05. The van der Waals surface area contributed by atoms with Gasteiger partial charge in [-0.25, -0.2) is 0 Å². The van der Waals surface area contributed by atoms with Gasteiger partial charge in [0.1, 0.15) is 0 Å². The van der Waals surface area contributed by atoms with E-state index in [1.165, 1.54) is 11.3 Å². The first-order valence-electron chi connectivity index (χ1n) is 8.00. The molecule has 2 aliphatic heterocycles. The van der Waals surface area contributed by atoms with Gasteiger partial charge >= 0.3 is 0 Å². The van der Waals surface area contributed by atoms with Crippen LogP contribution < -0.4 is 10.2 Å². The molecule has 2 atom stereocenters.